The second-order valence-corrected chi connectivity index (χ2v) is 6.35. The first-order chi connectivity index (χ1) is 11.7. The maximum Gasteiger partial charge on any atom is 0.325 e. The number of nitrogens with zero attached hydrogens (tertiary/aromatic N) is 2. The van der Waals surface area contributed by atoms with E-state index in [1.54, 1.807) is 21.6 Å². The third kappa shape index (κ3) is 3.71. The molecule has 1 fully saturated rings. The lowest BCUT2D eigenvalue weighted by molar-refractivity contribution is -0.116. The van der Waals surface area contributed by atoms with Gasteiger partial charge in [-0.25, -0.2) is 4.79 Å². The monoisotopic (exact) mass is 341 g/mol. The smallest absolute Gasteiger partial charge is 0.325 e. The number of carbonyl (C=O) groups excluding carboxylic acids is 2. The lowest BCUT2D eigenvalue weighted by Crippen LogP contribution is -2.37. The molecule has 2 aromatic carbocycles. The maximum absolute atomic E-state index is 12.4. The van der Waals surface area contributed by atoms with Crippen LogP contribution in [0.5, 0.6) is 0 Å². The summed E-state index contributed by atoms with van der Waals surface area (Å²) in [5.74, 6) is -0.185. The number of rotatable bonds is 5. The average molecular weight is 341 g/mol. The predicted octanol–water partition coefficient (Wildman–Crippen LogP) is 3.29. The Bertz CT molecular complexity index is 719. The van der Waals surface area contributed by atoms with Gasteiger partial charge in [0, 0.05) is 29.4 Å². The molecule has 3 rings (SSSR count). The molecule has 1 saturated heterocycles. The van der Waals surface area contributed by atoms with E-state index in [1.807, 2.05) is 60.9 Å². The summed E-state index contributed by atoms with van der Waals surface area (Å²) in [7, 11) is 0. The maximum atomic E-state index is 12.4. The Morgan fingerprint density at radius 1 is 1.08 bits per heavy atom. The van der Waals surface area contributed by atoms with Crippen molar-refractivity contribution >= 4 is 35.1 Å². The first-order valence-electron chi connectivity index (χ1n) is 7.73. The highest BCUT2D eigenvalue weighted by atomic mass is 32.2. The van der Waals surface area contributed by atoms with Crippen LogP contribution in [-0.2, 0) is 4.79 Å². The zero-order chi connectivity index (χ0) is 16.9. The number of thioether (sulfide) groups is 1. The second-order valence-electron chi connectivity index (χ2n) is 5.47. The van der Waals surface area contributed by atoms with Gasteiger partial charge < -0.3 is 10.2 Å². The van der Waals surface area contributed by atoms with Crippen LogP contribution in [0.25, 0.3) is 0 Å². The van der Waals surface area contributed by atoms with Crippen molar-refractivity contribution in [2.24, 2.45) is 0 Å². The molecule has 0 saturated carbocycles. The first kappa shape index (κ1) is 16.4. The highest BCUT2D eigenvalue weighted by Gasteiger charge is 2.30. The van der Waals surface area contributed by atoms with Crippen LogP contribution in [0, 0.1) is 0 Å². The highest BCUT2D eigenvalue weighted by molar-refractivity contribution is 7.98. The van der Waals surface area contributed by atoms with Gasteiger partial charge in [0.15, 0.2) is 0 Å². The Labute approximate surface area is 145 Å². The number of para-hydroxylation sites is 1. The van der Waals surface area contributed by atoms with E-state index in [9.17, 15) is 9.59 Å². The van der Waals surface area contributed by atoms with Gasteiger partial charge in [-0.15, -0.1) is 11.8 Å². The van der Waals surface area contributed by atoms with Crippen molar-refractivity contribution in [2.45, 2.75) is 4.90 Å². The number of nitrogens with one attached hydrogen (secondary N) is 1. The van der Waals surface area contributed by atoms with Crippen LogP contribution in [0.1, 0.15) is 0 Å². The van der Waals surface area contributed by atoms with Crippen molar-refractivity contribution in [1.82, 2.24) is 4.90 Å². The van der Waals surface area contributed by atoms with Gasteiger partial charge in [0.1, 0.15) is 6.54 Å². The first-order valence-corrected chi connectivity index (χ1v) is 8.95. The molecule has 0 aliphatic carbocycles. The van der Waals surface area contributed by atoms with Crippen molar-refractivity contribution in [1.29, 1.82) is 0 Å². The molecule has 1 aliphatic heterocycles. The number of urea groups is 1. The topological polar surface area (TPSA) is 52.7 Å². The summed E-state index contributed by atoms with van der Waals surface area (Å²) < 4.78 is 0. The minimum absolute atomic E-state index is 0.0620. The average Bonchev–Trinajstić information content (AvgIpc) is 2.97. The van der Waals surface area contributed by atoms with Crippen LogP contribution in [0.4, 0.5) is 16.2 Å². The SMILES string of the molecule is CSc1ccc(NC(=O)CN2CCN(c3ccccc3)C2=O)cc1. The number of hydrogen-bond acceptors (Lipinski definition) is 3. The highest BCUT2D eigenvalue weighted by Crippen LogP contribution is 2.20. The number of carbonyl (C=O) groups is 2. The summed E-state index contributed by atoms with van der Waals surface area (Å²) in [5, 5.41) is 2.83. The molecule has 1 heterocycles. The van der Waals surface area contributed by atoms with Gasteiger partial charge in [0.25, 0.3) is 0 Å². The summed E-state index contributed by atoms with van der Waals surface area (Å²) in [6.07, 6.45) is 2.01. The number of amides is 3. The Kier molecular flexibility index (Phi) is 5.05. The van der Waals surface area contributed by atoms with E-state index in [0.29, 0.717) is 13.1 Å². The Hall–Kier alpha value is -2.47. The fourth-order valence-corrected chi connectivity index (χ4v) is 3.03. The summed E-state index contributed by atoms with van der Waals surface area (Å²) in [5.41, 5.74) is 1.60. The summed E-state index contributed by atoms with van der Waals surface area (Å²) in [6.45, 7) is 1.21. The predicted molar refractivity (Wildman–Crippen MR) is 97.6 cm³/mol. The largest absolute Gasteiger partial charge is 0.325 e. The van der Waals surface area contributed by atoms with Crippen molar-refractivity contribution in [3.05, 3.63) is 54.6 Å². The zero-order valence-electron chi connectivity index (χ0n) is 13.4. The van der Waals surface area contributed by atoms with Crippen LogP contribution in [0.3, 0.4) is 0 Å². The van der Waals surface area contributed by atoms with E-state index in [1.165, 1.54) is 0 Å². The van der Waals surface area contributed by atoms with E-state index in [-0.39, 0.29) is 18.5 Å². The molecule has 3 amide bonds. The zero-order valence-corrected chi connectivity index (χ0v) is 14.3. The van der Waals surface area contributed by atoms with E-state index in [4.69, 9.17) is 0 Å². The van der Waals surface area contributed by atoms with Gasteiger partial charge in [-0.05, 0) is 42.7 Å². The van der Waals surface area contributed by atoms with Crippen LogP contribution in [-0.4, -0.2) is 42.7 Å². The molecule has 1 N–H and O–H groups in total. The van der Waals surface area contributed by atoms with Gasteiger partial charge in [0.05, 0.1) is 0 Å². The molecular weight excluding hydrogens is 322 g/mol. The minimum Gasteiger partial charge on any atom is -0.325 e. The van der Waals surface area contributed by atoms with Crippen molar-refractivity contribution in [3.8, 4) is 0 Å². The molecule has 0 radical (unpaired) electrons. The fraction of sp³-hybridized carbons (Fsp3) is 0.222. The molecule has 6 heteroatoms. The summed E-state index contributed by atoms with van der Waals surface area (Å²) >= 11 is 1.65. The van der Waals surface area contributed by atoms with Crippen molar-refractivity contribution in [2.75, 3.05) is 36.1 Å². The molecule has 0 atom stereocenters. The third-order valence-electron chi connectivity index (χ3n) is 3.87. The van der Waals surface area contributed by atoms with E-state index in [2.05, 4.69) is 5.32 Å². The van der Waals surface area contributed by atoms with Gasteiger partial charge in [-0.2, -0.15) is 0 Å². The summed E-state index contributed by atoms with van der Waals surface area (Å²) in [4.78, 5) is 29.0. The lowest BCUT2D eigenvalue weighted by atomic mass is 10.3. The van der Waals surface area contributed by atoms with Crippen LogP contribution < -0.4 is 10.2 Å². The molecule has 1 aliphatic rings. The van der Waals surface area contributed by atoms with Gasteiger partial charge in [-0.1, -0.05) is 18.2 Å². The number of hydrogen-bond donors (Lipinski definition) is 1. The van der Waals surface area contributed by atoms with Gasteiger partial charge in [-0.3, -0.25) is 9.69 Å². The number of anilines is 2. The molecule has 5 nitrogen and oxygen atoms in total. The van der Waals surface area contributed by atoms with E-state index >= 15 is 0 Å². The van der Waals surface area contributed by atoms with E-state index < -0.39 is 0 Å². The Morgan fingerprint density at radius 3 is 2.46 bits per heavy atom. The minimum atomic E-state index is -0.185. The third-order valence-corrected chi connectivity index (χ3v) is 4.61. The Morgan fingerprint density at radius 2 is 1.79 bits per heavy atom. The molecule has 0 bridgehead atoms. The van der Waals surface area contributed by atoms with Gasteiger partial charge >= 0.3 is 6.03 Å². The molecule has 2 aromatic rings. The molecule has 0 aromatic heterocycles. The summed E-state index contributed by atoms with van der Waals surface area (Å²) in [6, 6.07) is 17.0. The quantitative estimate of drug-likeness (QED) is 0.849. The number of benzene rings is 2. The molecule has 0 unspecified atom stereocenters. The normalized spacial score (nSPS) is 14.1. The molecule has 24 heavy (non-hydrogen) atoms. The van der Waals surface area contributed by atoms with Crippen LogP contribution in [0.15, 0.2) is 59.5 Å². The van der Waals surface area contributed by atoms with E-state index in [0.717, 1.165) is 16.3 Å². The van der Waals surface area contributed by atoms with Gasteiger partial charge in [0.2, 0.25) is 5.91 Å². The molecule has 124 valence electrons. The van der Waals surface area contributed by atoms with Crippen molar-refractivity contribution in [3.63, 3.8) is 0 Å². The molecular formula is C18H19N3O2S. The lowest BCUT2D eigenvalue weighted by Gasteiger charge is -2.18. The van der Waals surface area contributed by atoms with Crippen LogP contribution in [0.2, 0.25) is 0 Å². The fourth-order valence-electron chi connectivity index (χ4n) is 2.63. The Balaban J connectivity index is 1.58. The standard InChI is InChI=1S/C18H19N3O2S/c1-24-16-9-7-14(8-10-16)19-17(22)13-20-11-12-21(18(20)23)15-5-3-2-4-6-15/h2-10H,11-13H2,1H3,(H,19,22). The van der Waals surface area contributed by atoms with Crippen LogP contribution >= 0.6 is 11.8 Å². The molecule has 0 spiro atoms. The second kappa shape index (κ2) is 7.40. The van der Waals surface area contributed by atoms with Crippen molar-refractivity contribution < 1.29 is 9.59 Å².